The second-order valence-electron chi connectivity index (χ2n) is 10.4. The summed E-state index contributed by atoms with van der Waals surface area (Å²) in [4.78, 5) is 51.6. The number of nitrogens with zero attached hydrogens (tertiary/aromatic N) is 2. The van der Waals surface area contributed by atoms with E-state index in [0.717, 1.165) is 6.42 Å². The van der Waals surface area contributed by atoms with Crippen molar-refractivity contribution in [2.75, 3.05) is 6.54 Å². The van der Waals surface area contributed by atoms with Crippen LogP contribution < -0.4 is 21.3 Å². The number of piperidine rings is 1. The van der Waals surface area contributed by atoms with Crippen molar-refractivity contribution in [3.05, 3.63) is 53.2 Å². The first kappa shape index (κ1) is 30.3. The van der Waals surface area contributed by atoms with Gasteiger partial charge < -0.3 is 25.8 Å². The van der Waals surface area contributed by atoms with Gasteiger partial charge in [-0.05, 0) is 56.2 Å². The molecule has 1 aliphatic rings. The van der Waals surface area contributed by atoms with Gasteiger partial charge in [-0.25, -0.2) is 4.39 Å². The fourth-order valence-electron chi connectivity index (χ4n) is 4.51. The number of nitrogens with one attached hydrogen (secondary N) is 4. The largest absolute Gasteiger partial charge is 0.361 e. The summed E-state index contributed by atoms with van der Waals surface area (Å²) in [5, 5.41) is 24.1. The molecule has 4 atom stereocenters. The molecule has 2 aromatic rings. The molecule has 1 aromatic heterocycles. The van der Waals surface area contributed by atoms with E-state index in [0.29, 0.717) is 24.3 Å². The Kier molecular flexibility index (Phi) is 10.8. The van der Waals surface area contributed by atoms with Crippen LogP contribution in [-0.4, -0.2) is 53.5 Å². The number of amides is 4. The molecule has 3 rings (SSSR count). The summed E-state index contributed by atoms with van der Waals surface area (Å²) in [5.74, 6) is -2.41. The van der Waals surface area contributed by atoms with Crippen LogP contribution in [0.2, 0.25) is 0 Å². The summed E-state index contributed by atoms with van der Waals surface area (Å²) in [6, 6.07) is 5.90. The van der Waals surface area contributed by atoms with Crippen molar-refractivity contribution in [3.63, 3.8) is 0 Å². The van der Waals surface area contributed by atoms with Crippen LogP contribution in [0.3, 0.4) is 0 Å². The summed E-state index contributed by atoms with van der Waals surface area (Å²) in [5.41, 5.74) is 0.563. The third-order valence-electron chi connectivity index (χ3n) is 6.57. The molecule has 214 valence electrons. The van der Waals surface area contributed by atoms with Gasteiger partial charge in [-0.2, -0.15) is 5.26 Å². The van der Waals surface area contributed by atoms with Crippen LogP contribution in [0.5, 0.6) is 0 Å². The predicted octanol–water partition coefficient (Wildman–Crippen LogP) is 1.92. The molecule has 1 saturated heterocycles. The first-order valence-corrected chi connectivity index (χ1v) is 13.3. The number of aryl methyl sites for hydroxylation is 1. The van der Waals surface area contributed by atoms with Gasteiger partial charge in [-0.15, -0.1) is 0 Å². The number of carbonyl (C=O) groups is 4. The SMILES string of the molecule is Cc1cc(C(=O)NC(Cc2ccc(F)cc2)C(=O)NC(CC(C)C)C(=O)NC(C#N)CC2CCCNC2=O)no1. The van der Waals surface area contributed by atoms with Gasteiger partial charge in [0.1, 0.15) is 29.7 Å². The Morgan fingerprint density at radius 3 is 2.45 bits per heavy atom. The molecule has 1 fully saturated rings. The number of hydrogen-bond acceptors (Lipinski definition) is 7. The maximum absolute atomic E-state index is 13.5. The number of hydrogen-bond donors (Lipinski definition) is 4. The van der Waals surface area contributed by atoms with E-state index in [9.17, 15) is 28.8 Å². The Morgan fingerprint density at radius 2 is 1.85 bits per heavy atom. The minimum absolute atomic E-state index is 0.00366. The van der Waals surface area contributed by atoms with E-state index in [1.54, 1.807) is 6.92 Å². The molecular formula is C28H35FN6O5. The van der Waals surface area contributed by atoms with Gasteiger partial charge in [0.15, 0.2) is 5.69 Å². The van der Waals surface area contributed by atoms with Crippen molar-refractivity contribution in [2.45, 2.75) is 71.0 Å². The zero-order chi connectivity index (χ0) is 29.2. The first-order chi connectivity index (χ1) is 19.0. The molecule has 0 saturated carbocycles. The molecule has 11 nitrogen and oxygen atoms in total. The van der Waals surface area contributed by atoms with Crippen molar-refractivity contribution in [3.8, 4) is 6.07 Å². The molecule has 0 bridgehead atoms. The summed E-state index contributed by atoms with van der Waals surface area (Å²) in [6.07, 6.45) is 1.86. The van der Waals surface area contributed by atoms with E-state index in [-0.39, 0.29) is 42.7 Å². The van der Waals surface area contributed by atoms with Crippen LogP contribution in [0, 0.1) is 35.9 Å². The van der Waals surface area contributed by atoms with E-state index >= 15 is 0 Å². The van der Waals surface area contributed by atoms with Crippen LogP contribution in [0.15, 0.2) is 34.9 Å². The minimum atomic E-state index is -1.13. The topological polar surface area (TPSA) is 166 Å². The summed E-state index contributed by atoms with van der Waals surface area (Å²) in [6.45, 7) is 5.97. The molecule has 0 spiro atoms. The number of rotatable bonds is 12. The predicted molar refractivity (Wildman–Crippen MR) is 142 cm³/mol. The lowest BCUT2D eigenvalue weighted by Crippen LogP contribution is -2.56. The lowest BCUT2D eigenvalue weighted by Gasteiger charge is -2.27. The van der Waals surface area contributed by atoms with E-state index in [1.807, 2.05) is 19.9 Å². The minimum Gasteiger partial charge on any atom is -0.361 e. The average molecular weight is 555 g/mol. The van der Waals surface area contributed by atoms with Crippen LogP contribution in [0.4, 0.5) is 4.39 Å². The smallest absolute Gasteiger partial charge is 0.274 e. The van der Waals surface area contributed by atoms with Crippen molar-refractivity contribution in [1.82, 2.24) is 26.4 Å². The van der Waals surface area contributed by atoms with Crippen molar-refractivity contribution < 1.29 is 28.1 Å². The normalized spacial score (nSPS) is 17.2. The summed E-state index contributed by atoms with van der Waals surface area (Å²) < 4.78 is 18.4. The number of nitriles is 1. The van der Waals surface area contributed by atoms with Crippen LogP contribution in [-0.2, 0) is 20.8 Å². The Labute approximate surface area is 232 Å². The number of benzene rings is 1. The standard InChI is InChI=1S/C28H35FN6O5/c1-16(2)11-22(26(37)32-21(15-30)14-19-5-4-10-31-25(19)36)33-27(38)23(13-18-6-8-20(29)9-7-18)34-28(39)24-12-17(3)40-35-24/h6-9,12,16,19,21-23H,4-5,10-11,13-14H2,1-3H3,(H,31,36)(H,32,37)(H,33,38)(H,34,39). The summed E-state index contributed by atoms with van der Waals surface area (Å²) in [7, 11) is 0. The van der Waals surface area contributed by atoms with Gasteiger partial charge in [0.25, 0.3) is 5.91 Å². The molecule has 4 unspecified atom stereocenters. The van der Waals surface area contributed by atoms with Gasteiger partial charge >= 0.3 is 0 Å². The van der Waals surface area contributed by atoms with Crippen LogP contribution in [0.25, 0.3) is 0 Å². The molecule has 1 aliphatic heterocycles. The zero-order valence-electron chi connectivity index (χ0n) is 22.8. The van der Waals surface area contributed by atoms with Crippen LogP contribution in [0.1, 0.15) is 61.3 Å². The molecule has 40 heavy (non-hydrogen) atoms. The molecule has 4 N–H and O–H groups in total. The number of carbonyl (C=O) groups excluding carboxylic acids is 4. The van der Waals surface area contributed by atoms with Crippen LogP contribution >= 0.6 is 0 Å². The molecule has 0 radical (unpaired) electrons. The second kappa shape index (κ2) is 14.2. The lowest BCUT2D eigenvalue weighted by atomic mass is 9.91. The van der Waals surface area contributed by atoms with Crippen molar-refractivity contribution >= 4 is 23.6 Å². The fraction of sp³-hybridized carbons (Fsp3) is 0.500. The summed E-state index contributed by atoms with van der Waals surface area (Å²) >= 11 is 0. The highest BCUT2D eigenvalue weighted by Crippen LogP contribution is 2.18. The quantitative estimate of drug-likeness (QED) is 0.311. The monoisotopic (exact) mass is 554 g/mol. The molecular weight excluding hydrogens is 519 g/mol. The molecule has 4 amide bonds. The average Bonchev–Trinajstić information content (AvgIpc) is 3.36. The van der Waals surface area contributed by atoms with Gasteiger partial charge in [0.2, 0.25) is 17.7 Å². The van der Waals surface area contributed by atoms with Gasteiger partial charge in [-0.1, -0.05) is 31.1 Å². The molecule has 0 aliphatic carbocycles. The maximum Gasteiger partial charge on any atom is 0.274 e. The van der Waals surface area contributed by atoms with E-state index in [2.05, 4.69) is 26.4 Å². The number of halogens is 1. The molecule has 12 heteroatoms. The van der Waals surface area contributed by atoms with E-state index in [4.69, 9.17) is 4.52 Å². The zero-order valence-corrected chi connectivity index (χ0v) is 22.8. The van der Waals surface area contributed by atoms with Crippen molar-refractivity contribution in [2.24, 2.45) is 11.8 Å². The van der Waals surface area contributed by atoms with E-state index in [1.165, 1.54) is 30.3 Å². The highest BCUT2D eigenvalue weighted by atomic mass is 19.1. The highest BCUT2D eigenvalue weighted by molar-refractivity contribution is 5.97. The highest BCUT2D eigenvalue weighted by Gasteiger charge is 2.31. The number of aromatic nitrogens is 1. The van der Waals surface area contributed by atoms with Crippen molar-refractivity contribution in [1.29, 1.82) is 5.26 Å². The Balaban J connectivity index is 1.74. The molecule has 2 heterocycles. The van der Waals surface area contributed by atoms with Gasteiger partial charge in [0.05, 0.1) is 6.07 Å². The van der Waals surface area contributed by atoms with E-state index < -0.39 is 41.7 Å². The molecule has 1 aromatic carbocycles. The first-order valence-electron chi connectivity index (χ1n) is 13.3. The Morgan fingerprint density at radius 1 is 1.15 bits per heavy atom. The maximum atomic E-state index is 13.5. The third-order valence-corrected chi connectivity index (χ3v) is 6.57. The Hall–Kier alpha value is -4.27. The lowest BCUT2D eigenvalue weighted by molar-refractivity contribution is -0.131. The Bertz CT molecular complexity index is 1240. The third kappa shape index (κ3) is 8.90. The second-order valence-corrected chi connectivity index (χ2v) is 10.4. The fourth-order valence-corrected chi connectivity index (χ4v) is 4.51. The van der Waals surface area contributed by atoms with Gasteiger partial charge in [0, 0.05) is 24.9 Å². The van der Waals surface area contributed by atoms with Gasteiger partial charge in [-0.3, -0.25) is 19.2 Å².